The summed E-state index contributed by atoms with van der Waals surface area (Å²) in [5.74, 6) is -1.04. The molecule has 2 heterocycles. The number of Topliss-reactive ketones (excluding diaryl/α,β-unsaturated/α-hetero) is 1. The first-order valence-corrected chi connectivity index (χ1v) is 12.5. The van der Waals surface area contributed by atoms with E-state index in [0.717, 1.165) is 25.8 Å². The van der Waals surface area contributed by atoms with Crippen molar-refractivity contribution in [1.82, 2.24) is 4.98 Å². The number of carbonyl (C=O) groups is 2. The number of ether oxygens (including phenoxy) is 1. The first-order valence-electron chi connectivity index (χ1n) is 10.9. The number of rotatable bonds is 4. The number of methoxy groups -OCH3 is 1. The Kier molecular flexibility index (Phi) is 5.94. The van der Waals surface area contributed by atoms with Gasteiger partial charge >= 0.3 is 5.91 Å². The average Bonchev–Trinajstić information content (AvgIpc) is 3.37. The Bertz CT molecular complexity index is 1520. The van der Waals surface area contributed by atoms with Crippen molar-refractivity contribution in [2.75, 3.05) is 12.0 Å². The predicted octanol–water partition coefficient (Wildman–Crippen LogP) is 6.31. The van der Waals surface area contributed by atoms with Crippen LogP contribution in [-0.2, 0) is 9.59 Å². The lowest BCUT2D eigenvalue weighted by atomic mass is 9.95. The highest BCUT2D eigenvalue weighted by Crippen LogP contribution is 2.44. The van der Waals surface area contributed by atoms with E-state index in [-0.39, 0.29) is 11.3 Å². The molecule has 1 atom stereocenters. The second-order valence-electron chi connectivity index (χ2n) is 8.37. The molecule has 1 N–H and O–H groups in total. The van der Waals surface area contributed by atoms with Crippen LogP contribution in [0.2, 0.25) is 0 Å². The minimum atomic E-state index is -0.827. The van der Waals surface area contributed by atoms with Crippen molar-refractivity contribution in [1.29, 1.82) is 0 Å². The Morgan fingerprint density at radius 3 is 2.49 bits per heavy atom. The number of aliphatic hydroxyl groups is 1. The SMILES string of the molecule is COc1ccc(C(O)=C2C(=O)C(=O)N(c3nc4ccc(C)cc4s3)[C@H]2c2ccc(Br)cc2)cc1C. The van der Waals surface area contributed by atoms with Crippen LogP contribution in [0.3, 0.4) is 0 Å². The molecule has 1 amide bonds. The van der Waals surface area contributed by atoms with Crippen molar-refractivity contribution in [3.05, 3.63) is 93.0 Å². The van der Waals surface area contributed by atoms with Gasteiger partial charge in [-0.1, -0.05) is 45.5 Å². The number of benzene rings is 3. The van der Waals surface area contributed by atoms with Crippen molar-refractivity contribution in [3.8, 4) is 5.75 Å². The van der Waals surface area contributed by atoms with E-state index >= 15 is 0 Å². The van der Waals surface area contributed by atoms with E-state index in [2.05, 4.69) is 20.9 Å². The molecule has 0 spiro atoms. The van der Waals surface area contributed by atoms with Gasteiger partial charge in [-0.15, -0.1) is 0 Å². The van der Waals surface area contributed by atoms with Gasteiger partial charge < -0.3 is 9.84 Å². The van der Waals surface area contributed by atoms with Crippen LogP contribution in [0.4, 0.5) is 5.13 Å². The molecule has 1 aliphatic heterocycles. The van der Waals surface area contributed by atoms with Crippen LogP contribution in [0, 0.1) is 13.8 Å². The first-order chi connectivity index (χ1) is 16.8. The molecule has 0 radical (unpaired) electrons. The number of ketones is 1. The van der Waals surface area contributed by atoms with Gasteiger partial charge in [0.05, 0.1) is 28.9 Å². The minimum absolute atomic E-state index is 0.0253. The zero-order valence-corrected chi connectivity index (χ0v) is 21.6. The van der Waals surface area contributed by atoms with Crippen LogP contribution in [-0.4, -0.2) is 28.9 Å². The van der Waals surface area contributed by atoms with E-state index in [1.807, 2.05) is 56.3 Å². The van der Waals surface area contributed by atoms with Crippen LogP contribution in [0.5, 0.6) is 5.75 Å². The number of aryl methyl sites for hydroxylation is 2. The standard InChI is InChI=1S/C27H21BrN2O4S/c1-14-4-10-19-21(12-14)35-27(29-19)30-23(16-5-8-18(28)9-6-16)22(25(32)26(30)33)24(31)17-7-11-20(34-3)15(2)13-17/h4-13,23,31H,1-3H3/t23-/m0/s1. The van der Waals surface area contributed by atoms with Gasteiger partial charge in [0, 0.05) is 10.0 Å². The molecule has 1 fully saturated rings. The number of thiazole rings is 1. The summed E-state index contributed by atoms with van der Waals surface area (Å²) < 4.78 is 7.10. The van der Waals surface area contributed by atoms with Crippen LogP contribution in [0.15, 0.2) is 70.7 Å². The number of hydrogen-bond donors (Lipinski definition) is 1. The molecular weight excluding hydrogens is 528 g/mol. The monoisotopic (exact) mass is 548 g/mol. The maximum Gasteiger partial charge on any atom is 0.301 e. The van der Waals surface area contributed by atoms with E-state index in [1.54, 1.807) is 25.3 Å². The summed E-state index contributed by atoms with van der Waals surface area (Å²) in [5.41, 5.74) is 3.77. The molecule has 0 bridgehead atoms. The Morgan fingerprint density at radius 2 is 1.80 bits per heavy atom. The molecule has 8 heteroatoms. The average molecular weight is 549 g/mol. The predicted molar refractivity (Wildman–Crippen MR) is 141 cm³/mol. The summed E-state index contributed by atoms with van der Waals surface area (Å²) in [6.07, 6.45) is 0. The molecule has 3 aromatic carbocycles. The van der Waals surface area contributed by atoms with Crippen LogP contribution >= 0.6 is 27.3 Å². The van der Waals surface area contributed by atoms with Crippen LogP contribution in [0.25, 0.3) is 16.0 Å². The third kappa shape index (κ3) is 4.02. The largest absolute Gasteiger partial charge is 0.507 e. The molecule has 176 valence electrons. The highest BCUT2D eigenvalue weighted by molar-refractivity contribution is 9.10. The Labute approximate surface area is 214 Å². The highest BCUT2D eigenvalue weighted by atomic mass is 79.9. The lowest BCUT2D eigenvalue weighted by Gasteiger charge is -2.23. The maximum atomic E-state index is 13.4. The molecule has 4 aromatic rings. The lowest BCUT2D eigenvalue weighted by molar-refractivity contribution is -0.132. The Balaban J connectivity index is 1.72. The molecule has 6 nitrogen and oxygen atoms in total. The zero-order valence-electron chi connectivity index (χ0n) is 19.2. The first kappa shape index (κ1) is 23.3. The lowest BCUT2D eigenvalue weighted by Crippen LogP contribution is -2.29. The molecule has 5 rings (SSSR count). The van der Waals surface area contributed by atoms with Gasteiger partial charge in [-0.05, 0) is 73.0 Å². The number of anilines is 1. The number of nitrogens with zero attached hydrogens (tertiary/aromatic N) is 2. The van der Waals surface area contributed by atoms with Gasteiger partial charge in [-0.3, -0.25) is 14.5 Å². The van der Waals surface area contributed by atoms with Crippen molar-refractivity contribution in [2.24, 2.45) is 0 Å². The number of halogens is 1. The Morgan fingerprint density at radius 1 is 1.06 bits per heavy atom. The van der Waals surface area contributed by atoms with E-state index in [0.29, 0.717) is 22.0 Å². The molecule has 0 saturated carbocycles. The minimum Gasteiger partial charge on any atom is -0.507 e. The quantitative estimate of drug-likeness (QED) is 0.183. The third-order valence-electron chi connectivity index (χ3n) is 6.04. The normalized spacial score (nSPS) is 17.4. The summed E-state index contributed by atoms with van der Waals surface area (Å²) in [6, 6.07) is 17.5. The third-order valence-corrected chi connectivity index (χ3v) is 7.58. The number of carbonyl (C=O) groups excluding carboxylic acids is 2. The highest BCUT2D eigenvalue weighted by Gasteiger charge is 2.48. The van der Waals surface area contributed by atoms with E-state index in [4.69, 9.17) is 4.74 Å². The number of amides is 1. The van der Waals surface area contributed by atoms with Gasteiger partial charge in [0.15, 0.2) is 5.13 Å². The topological polar surface area (TPSA) is 79.7 Å². The molecule has 1 saturated heterocycles. The van der Waals surface area contributed by atoms with E-state index in [1.165, 1.54) is 16.2 Å². The fourth-order valence-electron chi connectivity index (χ4n) is 4.29. The number of fused-ring (bicyclic) bond motifs is 1. The van der Waals surface area contributed by atoms with Gasteiger partial charge in [0.25, 0.3) is 5.78 Å². The fraction of sp³-hybridized carbons (Fsp3) is 0.148. The Hall–Kier alpha value is -3.49. The van der Waals surface area contributed by atoms with Gasteiger partial charge in [0.1, 0.15) is 11.5 Å². The summed E-state index contributed by atoms with van der Waals surface area (Å²) in [6.45, 7) is 3.84. The summed E-state index contributed by atoms with van der Waals surface area (Å²) in [7, 11) is 1.57. The van der Waals surface area contributed by atoms with Crippen LogP contribution in [0.1, 0.15) is 28.3 Å². The van der Waals surface area contributed by atoms with E-state index < -0.39 is 17.7 Å². The molecule has 0 aliphatic carbocycles. The number of aromatic nitrogens is 1. The molecule has 1 aromatic heterocycles. The van der Waals surface area contributed by atoms with Gasteiger partial charge in [-0.2, -0.15) is 0 Å². The zero-order chi connectivity index (χ0) is 24.9. The number of hydrogen-bond acceptors (Lipinski definition) is 6. The van der Waals surface area contributed by atoms with Crippen molar-refractivity contribution < 1.29 is 19.4 Å². The van der Waals surface area contributed by atoms with Crippen LogP contribution < -0.4 is 9.64 Å². The van der Waals surface area contributed by atoms with Crippen molar-refractivity contribution in [3.63, 3.8) is 0 Å². The second-order valence-corrected chi connectivity index (χ2v) is 10.3. The van der Waals surface area contributed by atoms with Crippen molar-refractivity contribution in [2.45, 2.75) is 19.9 Å². The molecule has 0 unspecified atom stereocenters. The van der Waals surface area contributed by atoms with Gasteiger partial charge in [0.2, 0.25) is 0 Å². The molecule has 1 aliphatic rings. The second kappa shape index (κ2) is 8.94. The van der Waals surface area contributed by atoms with Crippen molar-refractivity contribution >= 4 is 60.1 Å². The van der Waals surface area contributed by atoms with E-state index in [9.17, 15) is 14.7 Å². The summed E-state index contributed by atoms with van der Waals surface area (Å²) in [4.78, 5) is 32.8. The molecule has 35 heavy (non-hydrogen) atoms. The van der Waals surface area contributed by atoms with Gasteiger partial charge in [-0.25, -0.2) is 4.98 Å². The fourth-order valence-corrected chi connectivity index (χ4v) is 5.65. The summed E-state index contributed by atoms with van der Waals surface area (Å²) >= 11 is 4.78. The maximum absolute atomic E-state index is 13.4. The smallest absolute Gasteiger partial charge is 0.301 e. The molecular formula is C27H21BrN2O4S. The summed E-state index contributed by atoms with van der Waals surface area (Å²) in [5, 5.41) is 11.7. The number of aliphatic hydroxyl groups excluding tert-OH is 1.